The van der Waals surface area contributed by atoms with Gasteiger partial charge in [0.2, 0.25) is 6.10 Å². The van der Waals surface area contributed by atoms with Crippen molar-refractivity contribution in [3.05, 3.63) is 75.8 Å². The second-order valence-electron chi connectivity index (χ2n) is 4.52. The van der Waals surface area contributed by atoms with Crippen LogP contribution < -0.4 is 0 Å². The van der Waals surface area contributed by atoms with Crippen LogP contribution in [0.5, 0.6) is 0 Å². The lowest BCUT2D eigenvalue weighted by Crippen LogP contribution is -2.18. The average molecular weight is 314 g/mol. The summed E-state index contributed by atoms with van der Waals surface area (Å²) >= 11 is 0. The molecule has 2 rings (SSSR count). The topological polar surface area (TPSA) is 95.7 Å². The van der Waals surface area contributed by atoms with E-state index in [0.717, 1.165) is 0 Å². The minimum Gasteiger partial charge on any atom is -0.458 e. The van der Waals surface area contributed by atoms with E-state index >= 15 is 0 Å². The summed E-state index contributed by atoms with van der Waals surface area (Å²) in [6.45, 7) is 1.14. The van der Waals surface area contributed by atoms with Gasteiger partial charge in [-0.05, 0) is 17.7 Å². The number of non-ortho nitro benzene ring substituents is 1. The van der Waals surface area contributed by atoms with Gasteiger partial charge in [-0.15, -0.1) is 0 Å². The molecule has 0 aliphatic rings. The lowest BCUT2D eigenvalue weighted by Gasteiger charge is -2.14. The van der Waals surface area contributed by atoms with E-state index < -0.39 is 17.0 Å². The van der Waals surface area contributed by atoms with E-state index in [9.17, 15) is 19.7 Å². The molecule has 2 aromatic rings. The van der Waals surface area contributed by atoms with Gasteiger partial charge in [0.25, 0.3) is 5.69 Å². The van der Waals surface area contributed by atoms with Crippen molar-refractivity contribution in [2.24, 2.45) is 0 Å². The van der Waals surface area contributed by atoms with Gasteiger partial charge in [-0.3, -0.25) is 10.1 Å². The lowest BCUT2D eigenvalue weighted by molar-refractivity contribution is -0.384. The van der Waals surface area contributed by atoms with Crippen molar-refractivity contribution >= 4 is 18.1 Å². The Labute approximate surface area is 131 Å². The molecule has 0 aliphatic heterocycles. The molecule has 0 spiro atoms. The van der Waals surface area contributed by atoms with E-state index in [-0.39, 0.29) is 12.3 Å². The summed E-state index contributed by atoms with van der Waals surface area (Å²) in [7, 11) is 0. The molecule has 23 heavy (non-hydrogen) atoms. The molecule has 2 aromatic carbocycles. The second-order valence-corrected chi connectivity index (χ2v) is 4.52. The quantitative estimate of drug-likeness (QED) is 0.442. The predicted octanol–water partition coefficient (Wildman–Crippen LogP) is 2.46. The van der Waals surface area contributed by atoms with E-state index in [2.05, 4.69) is 4.74 Å². The number of hydrogen-bond acceptors (Lipinski definition) is 6. The highest BCUT2D eigenvalue weighted by Gasteiger charge is 2.24. The average Bonchev–Trinajstić information content (AvgIpc) is 2.58. The summed E-state index contributed by atoms with van der Waals surface area (Å²) < 4.78 is 9.74. The summed E-state index contributed by atoms with van der Waals surface area (Å²) in [5.74, 6) is -0.752. The van der Waals surface area contributed by atoms with Crippen LogP contribution in [0.1, 0.15) is 17.2 Å². The van der Waals surface area contributed by atoms with Crippen LogP contribution in [0, 0.1) is 10.1 Å². The van der Waals surface area contributed by atoms with Crippen LogP contribution >= 0.6 is 0 Å². The number of benzene rings is 2. The van der Waals surface area contributed by atoms with Crippen molar-refractivity contribution in [3.63, 3.8) is 0 Å². The molecule has 7 heteroatoms. The van der Waals surface area contributed by atoms with Crippen molar-refractivity contribution in [2.75, 3.05) is 0 Å². The van der Waals surface area contributed by atoms with Crippen LogP contribution in [-0.4, -0.2) is 17.4 Å². The monoisotopic (exact) mass is 314 g/mol. The van der Waals surface area contributed by atoms with Gasteiger partial charge >= 0.3 is 12.4 Å². The largest absolute Gasteiger partial charge is 0.458 e. The molecule has 0 saturated heterocycles. The first-order valence-corrected chi connectivity index (χ1v) is 6.59. The molecule has 0 saturated carbocycles. The zero-order valence-electron chi connectivity index (χ0n) is 11.9. The maximum Gasteiger partial charge on any atom is 0.418 e. The zero-order chi connectivity index (χ0) is 16.7. The molecular formula is C16H12NO6. The Hall–Kier alpha value is -3.22. The minimum atomic E-state index is -1.20. The molecule has 0 N–H and O–H groups in total. The SMILES string of the molecule is O=[C]OC(C(=O)OCc1ccc([N+](=O)[O-])cc1)c1ccccc1. The molecule has 0 aliphatic carbocycles. The highest BCUT2D eigenvalue weighted by atomic mass is 16.6. The fourth-order valence-corrected chi connectivity index (χ4v) is 1.87. The van der Waals surface area contributed by atoms with Gasteiger partial charge in [0.05, 0.1) is 4.92 Å². The molecule has 0 bridgehead atoms. The molecule has 1 radical (unpaired) electrons. The molecule has 1 atom stereocenters. The first kappa shape index (κ1) is 16.2. The van der Waals surface area contributed by atoms with Gasteiger partial charge < -0.3 is 9.47 Å². The maximum absolute atomic E-state index is 12.0. The Kier molecular flexibility index (Phi) is 5.40. The van der Waals surface area contributed by atoms with Crippen LogP contribution in [0.3, 0.4) is 0 Å². The predicted molar refractivity (Wildman–Crippen MR) is 78.9 cm³/mol. The molecule has 7 nitrogen and oxygen atoms in total. The number of nitro groups is 1. The maximum atomic E-state index is 12.0. The fourth-order valence-electron chi connectivity index (χ4n) is 1.87. The normalized spacial score (nSPS) is 11.3. The Morgan fingerprint density at radius 3 is 2.35 bits per heavy atom. The number of hydrogen-bond donors (Lipinski definition) is 0. The number of rotatable bonds is 7. The molecular weight excluding hydrogens is 302 g/mol. The first-order valence-electron chi connectivity index (χ1n) is 6.59. The highest BCUT2D eigenvalue weighted by Crippen LogP contribution is 2.19. The molecule has 0 amide bonds. The number of esters is 1. The van der Waals surface area contributed by atoms with Gasteiger partial charge in [0.1, 0.15) is 6.61 Å². The smallest absolute Gasteiger partial charge is 0.418 e. The summed E-state index contributed by atoms with van der Waals surface area (Å²) in [4.78, 5) is 32.5. The molecule has 0 heterocycles. The van der Waals surface area contributed by atoms with Crippen LogP contribution in [-0.2, 0) is 25.7 Å². The third-order valence-corrected chi connectivity index (χ3v) is 3.01. The zero-order valence-corrected chi connectivity index (χ0v) is 11.9. The molecule has 0 fully saturated rings. The number of carbonyl (C=O) groups excluding carboxylic acids is 2. The third-order valence-electron chi connectivity index (χ3n) is 3.01. The summed E-state index contributed by atoms with van der Waals surface area (Å²) in [5.41, 5.74) is 0.983. The van der Waals surface area contributed by atoms with E-state index in [1.54, 1.807) is 30.3 Å². The first-order chi connectivity index (χ1) is 11.1. The van der Waals surface area contributed by atoms with Crippen molar-refractivity contribution < 1.29 is 24.0 Å². The number of nitro benzene ring substituents is 1. The minimum absolute atomic E-state index is 0.0545. The van der Waals surface area contributed by atoms with E-state index in [4.69, 9.17) is 4.74 Å². The van der Waals surface area contributed by atoms with Gasteiger partial charge in [-0.1, -0.05) is 30.3 Å². The molecule has 117 valence electrons. The highest BCUT2D eigenvalue weighted by molar-refractivity contribution is 5.77. The van der Waals surface area contributed by atoms with Crippen molar-refractivity contribution in [1.29, 1.82) is 0 Å². The van der Waals surface area contributed by atoms with Gasteiger partial charge in [-0.25, -0.2) is 9.59 Å². The Morgan fingerprint density at radius 2 is 1.78 bits per heavy atom. The Morgan fingerprint density at radius 1 is 1.13 bits per heavy atom. The Balaban J connectivity index is 2.01. The second kappa shape index (κ2) is 7.69. The third kappa shape index (κ3) is 4.37. The van der Waals surface area contributed by atoms with Crippen LogP contribution in [0.15, 0.2) is 54.6 Å². The standard InChI is InChI=1S/C16H12NO6/c18-11-23-15(13-4-2-1-3-5-13)16(19)22-10-12-6-8-14(9-7-12)17(20)21/h1-9,15H,10H2. The van der Waals surface area contributed by atoms with Gasteiger partial charge in [-0.2, -0.15) is 0 Å². The van der Waals surface area contributed by atoms with Crippen LogP contribution in [0.25, 0.3) is 0 Å². The fraction of sp³-hybridized carbons (Fsp3) is 0.125. The van der Waals surface area contributed by atoms with Crippen molar-refractivity contribution in [2.45, 2.75) is 12.7 Å². The number of nitrogens with zero attached hydrogens (tertiary/aromatic N) is 1. The van der Waals surface area contributed by atoms with Crippen LogP contribution in [0.4, 0.5) is 5.69 Å². The number of ether oxygens (including phenoxy) is 2. The van der Waals surface area contributed by atoms with Crippen molar-refractivity contribution in [1.82, 2.24) is 0 Å². The summed E-state index contributed by atoms with van der Waals surface area (Å²) in [5, 5.41) is 10.6. The molecule has 0 aromatic heterocycles. The van der Waals surface area contributed by atoms with Crippen molar-refractivity contribution in [3.8, 4) is 0 Å². The molecule has 1 unspecified atom stereocenters. The lowest BCUT2D eigenvalue weighted by atomic mass is 10.1. The van der Waals surface area contributed by atoms with Crippen LogP contribution in [0.2, 0.25) is 0 Å². The van der Waals surface area contributed by atoms with Gasteiger partial charge in [0, 0.05) is 17.7 Å². The van der Waals surface area contributed by atoms with E-state index in [0.29, 0.717) is 11.1 Å². The van der Waals surface area contributed by atoms with E-state index in [1.807, 2.05) is 0 Å². The summed E-state index contributed by atoms with van der Waals surface area (Å²) in [6, 6.07) is 14.0. The Bertz CT molecular complexity index is 683. The number of carbonyl (C=O) groups is 1. The summed E-state index contributed by atoms with van der Waals surface area (Å²) in [6.07, 6.45) is -1.20. The van der Waals surface area contributed by atoms with Gasteiger partial charge in [0.15, 0.2) is 0 Å². The van der Waals surface area contributed by atoms with E-state index in [1.165, 1.54) is 30.7 Å².